The van der Waals surface area contributed by atoms with Gasteiger partial charge in [-0.25, -0.2) is 8.78 Å². The van der Waals surface area contributed by atoms with E-state index in [1.165, 1.54) is 19.2 Å². The predicted molar refractivity (Wildman–Crippen MR) is 122 cm³/mol. The molecule has 0 aliphatic carbocycles. The Balaban J connectivity index is 1.55. The number of aliphatic hydroxyl groups is 1. The Morgan fingerprint density at radius 1 is 1.29 bits per heavy atom. The van der Waals surface area contributed by atoms with Gasteiger partial charge in [0, 0.05) is 38.4 Å². The number of hydrogen-bond donors (Lipinski definition) is 1. The van der Waals surface area contributed by atoms with Crippen molar-refractivity contribution in [2.24, 2.45) is 0 Å². The number of β-amino-alcohol motifs (C(OH)–C–C–N with tert-alkyl or cyclic N) is 1. The molecule has 0 bridgehead atoms. The van der Waals surface area contributed by atoms with Crippen molar-refractivity contribution in [1.82, 2.24) is 19.7 Å². The monoisotopic (exact) mass is 504 g/mol. The summed E-state index contributed by atoms with van der Waals surface area (Å²) in [5.74, 6) is -1.89. The Kier molecular flexibility index (Phi) is 6.11. The zero-order chi connectivity index (χ0) is 24.7. The van der Waals surface area contributed by atoms with Gasteiger partial charge in [0.15, 0.2) is 16.5 Å². The fraction of sp³-hybridized carbons (Fsp3) is 0.391. The van der Waals surface area contributed by atoms with Gasteiger partial charge in [0.2, 0.25) is 5.43 Å². The molecule has 1 aromatic carbocycles. The summed E-state index contributed by atoms with van der Waals surface area (Å²) in [4.78, 5) is 28.3. The first kappa shape index (κ1) is 23.5. The lowest BCUT2D eigenvalue weighted by Gasteiger charge is -2.45. The van der Waals surface area contributed by atoms with Crippen LogP contribution in [0, 0.1) is 11.6 Å². The topological polar surface area (TPSA) is 107 Å². The van der Waals surface area contributed by atoms with Gasteiger partial charge in [-0.3, -0.25) is 9.59 Å². The van der Waals surface area contributed by atoms with Gasteiger partial charge >= 0.3 is 0 Å². The summed E-state index contributed by atoms with van der Waals surface area (Å²) in [6, 6.07) is 3.31. The number of aromatic nitrogens is 3. The van der Waals surface area contributed by atoms with Crippen LogP contribution >= 0.6 is 11.3 Å². The molecule has 1 saturated heterocycles. The number of amides is 1. The average molecular weight is 505 g/mol. The summed E-state index contributed by atoms with van der Waals surface area (Å²) in [5, 5.41) is 18.5. The summed E-state index contributed by atoms with van der Waals surface area (Å²) < 4.78 is 39.9. The van der Waals surface area contributed by atoms with Gasteiger partial charge in [-0.05, 0) is 18.1 Å². The molecule has 2 aliphatic heterocycles. The Labute approximate surface area is 202 Å². The Morgan fingerprint density at radius 3 is 2.80 bits per heavy atom. The number of benzene rings is 1. The second-order valence-electron chi connectivity index (χ2n) is 8.50. The number of ether oxygens (including phenoxy) is 2. The van der Waals surface area contributed by atoms with Gasteiger partial charge in [0.1, 0.15) is 16.6 Å². The van der Waals surface area contributed by atoms with Gasteiger partial charge in [-0.15, -0.1) is 10.2 Å². The number of fused-ring (bicyclic) bond motifs is 1. The normalized spacial score (nSPS) is 19.4. The first-order valence-corrected chi connectivity index (χ1v) is 11.8. The van der Waals surface area contributed by atoms with Crippen LogP contribution in [0.15, 0.2) is 29.2 Å². The van der Waals surface area contributed by atoms with E-state index in [4.69, 9.17) is 9.47 Å². The van der Waals surface area contributed by atoms with Gasteiger partial charge < -0.3 is 24.0 Å². The quantitative estimate of drug-likeness (QED) is 0.546. The van der Waals surface area contributed by atoms with E-state index in [2.05, 4.69) is 10.2 Å². The molecule has 1 fully saturated rings. The molecule has 0 saturated carbocycles. The number of nitrogens with zero attached hydrogens (tertiary/aromatic N) is 4. The lowest BCUT2D eigenvalue weighted by molar-refractivity contribution is 0.0175. The van der Waals surface area contributed by atoms with Crippen molar-refractivity contribution in [3.05, 3.63) is 62.5 Å². The minimum absolute atomic E-state index is 0.0856. The van der Waals surface area contributed by atoms with Crippen molar-refractivity contribution < 1.29 is 28.2 Å². The van der Waals surface area contributed by atoms with Crippen molar-refractivity contribution in [3.8, 4) is 16.3 Å². The van der Waals surface area contributed by atoms with Crippen molar-refractivity contribution in [2.75, 3.05) is 33.5 Å². The summed E-state index contributed by atoms with van der Waals surface area (Å²) in [6.45, 7) is 1.04. The van der Waals surface area contributed by atoms with E-state index in [1.54, 1.807) is 15.7 Å². The number of halogens is 2. The number of aliphatic hydroxyl groups excluding tert-OH is 1. The highest BCUT2D eigenvalue weighted by Crippen LogP contribution is 2.37. The summed E-state index contributed by atoms with van der Waals surface area (Å²) >= 11 is 1.11. The summed E-state index contributed by atoms with van der Waals surface area (Å²) in [6.07, 6.45) is 2.24. The van der Waals surface area contributed by atoms with E-state index >= 15 is 0 Å². The number of hydrogen-bond acceptors (Lipinski definition) is 8. The Morgan fingerprint density at radius 2 is 2.11 bits per heavy atom. The number of methoxy groups -OCH3 is 1. The van der Waals surface area contributed by atoms with Crippen molar-refractivity contribution in [1.29, 1.82) is 0 Å². The van der Waals surface area contributed by atoms with Gasteiger partial charge in [0.05, 0.1) is 31.4 Å². The average Bonchev–Trinajstić information content (AvgIpc) is 3.49. The first-order chi connectivity index (χ1) is 16.9. The van der Waals surface area contributed by atoms with Crippen molar-refractivity contribution in [3.63, 3.8) is 0 Å². The second-order valence-corrected chi connectivity index (χ2v) is 9.56. The van der Waals surface area contributed by atoms with E-state index in [0.29, 0.717) is 36.2 Å². The molecule has 1 spiro atoms. The molecule has 2 aromatic heterocycles. The minimum atomic E-state index is -0.688. The molecule has 35 heavy (non-hydrogen) atoms. The fourth-order valence-electron chi connectivity index (χ4n) is 4.71. The van der Waals surface area contributed by atoms with Crippen LogP contribution in [0.25, 0.3) is 10.6 Å². The zero-order valence-corrected chi connectivity index (χ0v) is 19.6. The molecule has 184 valence electrons. The molecule has 1 atom stereocenters. The van der Waals surface area contributed by atoms with Crippen molar-refractivity contribution in [2.45, 2.75) is 24.9 Å². The molecule has 9 nitrogen and oxygen atoms in total. The Hall–Kier alpha value is -3.22. The molecule has 1 unspecified atom stereocenters. The molecule has 1 amide bonds. The third kappa shape index (κ3) is 4.01. The van der Waals surface area contributed by atoms with Crippen LogP contribution in [-0.2, 0) is 17.7 Å². The van der Waals surface area contributed by atoms with Crippen LogP contribution < -0.4 is 10.2 Å². The van der Waals surface area contributed by atoms with Gasteiger partial charge in [-0.2, -0.15) is 0 Å². The standard InChI is InChI=1S/C23H22F2N4O5S/c1-33-20-18-22(32)29(5-6-30)23(4-7-34-12-23)11-28(18)10-15(19(20)31)21-27-26-17(35-21)8-13-2-3-14(24)9-16(13)25/h2-3,9-10,30H,4-8,11-12H2,1H3. The number of carbonyl (C=O) groups excluding carboxylic acids is 1. The number of carbonyl (C=O) groups is 1. The third-order valence-electron chi connectivity index (χ3n) is 6.39. The maximum atomic E-state index is 14.1. The first-order valence-electron chi connectivity index (χ1n) is 11.0. The maximum Gasteiger partial charge on any atom is 0.275 e. The van der Waals surface area contributed by atoms with E-state index in [0.717, 1.165) is 17.4 Å². The lowest BCUT2D eigenvalue weighted by atomic mass is 9.92. The van der Waals surface area contributed by atoms with E-state index in [-0.39, 0.29) is 42.1 Å². The SMILES string of the molecule is COc1c2n(cc(-c3nnc(Cc4ccc(F)cc4F)s3)c1=O)CC1(CCOC1)N(CCO)C2=O. The van der Waals surface area contributed by atoms with Crippen LogP contribution in [0.5, 0.6) is 5.75 Å². The van der Waals surface area contributed by atoms with Gasteiger partial charge in [0.25, 0.3) is 5.91 Å². The van der Waals surface area contributed by atoms with E-state index in [1.807, 2.05) is 0 Å². The second kappa shape index (κ2) is 9.10. The highest BCUT2D eigenvalue weighted by atomic mass is 32.1. The summed E-state index contributed by atoms with van der Waals surface area (Å²) in [7, 11) is 1.32. The molecule has 1 N–H and O–H groups in total. The molecular formula is C23H22F2N4O5S. The van der Waals surface area contributed by atoms with Crippen LogP contribution in [-0.4, -0.2) is 69.7 Å². The smallest absolute Gasteiger partial charge is 0.275 e. The van der Waals surface area contributed by atoms with Crippen molar-refractivity contribution >= 4 is 17.2 Å². The van der Waals surface area contributed by atoms with E-state index < -0.39 is 28.5 Å². The Bertz CT molecular complexity index is 1350. The maximum absolute atomic E-state index is 14.1. The zero-order valence-electron chi connectivity index (χ0n) is 18.8. The molecule has 0 radical (unpaired) electrons. The molecular weight excluding hydrogens is 482 g/mol. The molecule has 4 heterocycles. The van der Waals surface area contributed by atoms with E-state index in [9.17, 15) is 23.5 Å². The van der Waals surface area contributed by atoms with Crippen LogP contribution in [0.4, 0.5) is 8.78 Å². The molecule has 3 aromatic rings. The van der Waals surface area contributed by atoms with Crippen LogP contribution in [0.3, 0.4) is 0 Å². The minimum Gasteiger partial charge on any atom is -0.491 e. The van der Waals surface area contributed by atoms with Crippen LogP contribution in [0.1, 0.15) is 27.5 Å². The highest BCUT2D eigenvalue weighted by Gasteiger charge is 2.48. The largest absolute Gasteiger partial charge is 0.491 e. The number of pyridine rings is 1. The van der Waals surface area contributed by atoms with Crippen LogP contribution in [0.2, 0.25) is 0 Å². The van der Waals surface area contributed by atoms with Gasteiger partial charge in [-0.1, -0.05) is 17.4 Å². The molecule has 12 heteroatoms. The third-order valence-corrected chi connectivity index (χ3v) is 7.34. The lowest BCUT2D eigenvalue weighted by Crippen LogP contribution is -2.60. The molecule has 2 aliphatic rings. The number of rotatable bonds is 6. The summed E-state index contributed by atoms with van der Waals surface area (Å²) in [5.41, 5.74) is -0.606. The predicted octanol–water partition coefficient (Wildman–Crippen LogP) is 1.85. The fourth-order valence-corrected chi connectivity index (χ4v) is 5.58. The highest BCUT2D eigenvalue weighted by molar-refractivity contribution is 7.14. The molecule has 5 rings (SSSR count).